The van der Waals surface area contributed by atoms with E-state index in [1.165, 1.54) is 19.2 Å². The summed E-state index contributed by atoms with van der Waals surface area (Å²) < 4.78 is 15.8. The molecule has 0 aromatic heterocycles. The van der Waals surface area contributed by atoms with Crippen LogP contribution in [0, 0.1) is 0 Å². The molecule has 0 aliphatic rings. The Bertz CT molecular complexity index is 841. The largest absolute Gasteiger partial charge is 0.493 e. The van der Waals surface area contributed by atoms with Gasteiger partial charge < -0.3 is 19.5 Å². The molecular formula is C20H23N3O6. The summed E-state index contributed by atoms with van der Waals surface area (Å²) in [6.07, 6.45) is 0. The minimum Gasteiger partial charge on any atom is -0.493 e. The number of rotatable bonds is 9. The van der Waals surface area contributed by atoms with E-state index >= 15 is 0 Å². The molecule has 9 heteroatoms. The summed E-state index contributed by atoms with van der Waals surface area (Å²) in [5.74, 6) is -0.146. The van der Waals surface area contributed by atoms with Gasteiger partial charge in [-0.05, 0) is 37.3 Å². The maximum absolute atomic E-state index is 12.2. The van der Waals surface area contributed by atoms with Crippen molar-refractivity contribution in [1.29, 1.82) is 0 Å². The number of amides is 3. The number of nitrogens with one attached hydrogen (secondary N) is 3. The topological polar surface area (TPSA) is 115 Å². The molecule has 0 heterocycles. The lowest BCUT2D eigenvalue weighted by Crippen LogP contribution is -2.46. The highest BCUT2D eigenvalue weighted by Gasteiger charge is 2.12. The number of hydrazine groups is 1. The van der Waals surface area contributed by atoms with Gasteiger partial charge in [0.2, 0.25) is 0 Å². The Morgan fingerprint density at radius 1 is 0.897 bits per heavy atom. The number of methoxy groups -OCH3 is 1. The maximum atomic E-state index is 12.2. The highest BCUT2D eigenvalue weighted by atomic mass is 16.5. The molecule has 154 valence electrons. The average Bonchev–Trinajstić information content (AvgIpc) is 2.75. The van der Waals surface area contributed by atoms with Crippen molar-refractivity contribution in [1.82, 2.24) is 16.2 Å². The van der Waals surface area contributed by atoms with Gasteiger partial charge in [0.25, 0.3) is 17.7 Å². The summed E-state index contributed by atoms with van der Waals surface area (Å²) in [6, 6.07) is 13.5. The van der Waals surface area contributed by atoms with Gasteiger partial charge in [0.05, 0.1) is 20.3 Å². The predicted octanol–water partition coefficient (Wildman–Crippen LogP) is 1.05. The standard InChI is InChI=1S/C20H23N3O6/c1-3-28-16-10-9-14(11-17(16)27-2)20(26)23-22-18(24)12-21-19(25)13-29-15-7-5-4-6-8-15/h4-11H,3,12-13H2,1-2H3,(H,21,25)(H,22,24)(H,23,26). The van der Waals surface area contributed by atoms with E-state index in [0.717, 1.165) is 0 Å². The van der Waals surface area contributed by atoms with E-state index in [9.17, 15) is 14.4 Å². The van der Waals surface area contributed by atoms with E-state index in [1.807, 2.05) is 13.0 Å². The fraction of sp³-hybridized carbons (Fsp3) is 0.250. The Hall–Kier alpha value is -3.75. The second-order valence-electron chi connectivity index (χ2n) is 5.68. The molecule has 0 aliphatic carbocycles. The lowest BCUT2D eigenvalue weighted by molar-refractivity contribution is -0.127. The van der Waals surface area contributed by atoms with Gasteiger partial charge in [-0.2, -0.15) is 0 Å². The molecule has 3 N–H and O–H groups in total. The van der Waals surface area contributed by atoms with Crippen LogP contribution in [0.4, 0.5) is 0 Å². The Morgan fingerprint density at radius 3 is 2.34 bits per heavy atom. The number of hydrogen-bond donors (Lipinski definition) is 3. The highest BCUT2D eigenvalue weighted by Crippen LogP contribution is 2.27. The molecule has 0 bridgehead atoms. The van der Waals surface area contributed by atoms with Gasteiger partial charge in [0, 0.05) is 5.56 Å². The van der Waals surface area contributed by atoms with E-state index in [-0.39, 0.29) is 18.7 Å². The quantitative estimate of drug-likeness (QED) is 0.541. The molecule has 0 fully saturated rings. The third-order valence-electron chi connectivity index (χ3n) is 3.60. The van der Waals surface area contributed by atoms with Crippen LogP contribution in [0.1, 0.15) is 17.3 Å². The van der Waals surface area contributed by atoms with Crippen LogP contribution in [0.25, 0.3) is 0 Å². The molecule has 0 saturated carbocycles. The van der Waals surface area contributed by atoms with E-state index in [1.54, 1.807) is 30.3 Å². The van der Waals surface area contributed by atoms with Crippen molar-refractivity contribution in [2.75, 3.05) is 26.9 Å². The van der Waals surface area contributed by atoms with Crippen molar-refractivity contribution >= 4 is 17.7 Å². The first kappa shape index (κ1) is 21.5. The molecule has 0 unspecified atom stereocenters. The SMILES string of the molecule is CCOc1ccc(C(=O)NNC(=O)CNC(=O)COc2ccccc2)cc1OC. The van der Waals surface area contributed by atoms with Crippen molar-refractivity contribution < 1.29 is 28.6 Å². The summed E-state index contributed by atoms with van der Waals surface area (Å²) in [7, 11) is 1.46. The monoisotopic (exact) mass is 401 g/mol. The zero-order chi connectivity index (χ0) is 21.1. The third kappa shape index (κ3) is 7.06. The van der Waals surface area contributed by atoms with Gasteiger partial charge >= 0.3 is 0 Å². The van der Waals surface area contributed by atoms with Crippen LogP contribution in [0.3, 0.4) is 0 Å². The molecule has 0 saturated heterocycles. The number of benzene rings is 2. The molecule has 29 heavy (non-hydrogen) atoms. The second kappa shape index (κ2) is 11.2. The number of hydrogen-bond acceptors (Lipinski definition) is 6. The lowest BCUT2D eigenvalue weighted by atomic mass is 10.2. The Balaban J connectivity index is 1.74. The zero-order valence-corrected chi connectivity index (χ0v) is 16.2. The highest BCUT2D eigenvalue weighted by molar-refractivity contribution is 5.96. The fourth-order valence-corrected chi connectivity index (χ4v) is 2.22. The van der Waals surface area contributed by atoms with E-state index < -0.39 is 17.7 Å². The smallest absolute Gasteiger partial charge is 0.269 e. The summed E-state index contributed by atoms with van der Waals surface area (Å²) in [6.45, 7) is 1.75. The first-order chi connectivity index (χ1) is 14.0. The molecule has 2 rings (SSSR count). The van der Waals surface area contributed by atoms with Crippen molar-refractivity contribution in [3.05, 3.63) is 54.1 Å². The molecule has 0 radical (unpaired) electrons. The van der Waals surface area contributed by atoms with Crippen LogP contribution in [0.15, 0.2) is 48.5 Å². The minimum absolute atomic E-state index is 0.227. The molecule has 3 amide bonds. The average molecular weight is 401 g/mol. The minimum atomic E-state index is -0.593. The number of ether oxygens (including phenoxy) is 3. The molecule has 0 aliphatic heterocycles. The van der Waals surface area contributed by atoms with E-state index in [4.69, 9.17) is 14.2 Å². The first-order valence-corrected chi connectivity index (χ1v) is 8.88. The van der Waals surface area contributed by atoms with Crippen LogP contribution in [0.2, 0.25) is 0 Å². The van der Waals surface area contributed by atoms with Crippen molar-refractivity contribution in [3.63, 3.8) is 0 Å². The lowest BCUT2D eigenvalue weighted by Gasteiger charge is -2.12. The van der Waals surface area contributed by atoms with Gasteiger partial charge in [-0.3, -0.25) is 25.2 Å². The maximum Gasteiger partial charge on any atom is 0.269 e. The molecule has 9 nitrogen and oxygen atoms in total. The van der Waals surface area contributed by atoms with Gasteiger partial charge in [0.1, 0.15) is 5.75 Å². The van der Waals surface area contributed by atoms with Gasteiger partial charge in [0.15, 0.2) is 18.1 Å². The fourth-order valence-electron chi connectivity index (χ4n) is 2.22. The van der Waals surface area contributed by atoms with Crippen LogP contribution in [-0.4, -0.2) is 44.6 Å². The van der Waals surface area contributed by atoms with Crippen LogP contribution in [0.5, 0.6) is 17.2 Å². The van der Waals surface area contributed by atoms with Crippen molar-refractivity contribution in [3.8, 4) is 17.2 Å². The van der Waals surface area contributed by atoms with Crippen molar-refractivity contribution in [2.24, 2.45) is 0 Å². The summed E-state index contributed by atoms with van der Waals surface area (Å²) in [4.78, 5) is 35.7. The molecule has 0 atom stereocenters. The second-order valence-corrected chi connectivity index (χ2v) is 5.68. The van der Waals surface area contributed by atoms with Crippen LogP contribution >= 0.6 is 0 Å². The van der Waals surface area contributed by atoms with Gasteiger partial charge in [-0.1, -0.05) is 18.2 Å². The van der Waals surface area contributed by atoms with Gasteiger partial charge in [-0.15, -0.1) is 0 Å². The molecule has 0 spiro atoms. The van der Waals surface area contributed by atoms with E-state index in [2.05, 4.69) is 16.2 Å². The normalized spacial score (nSPS) is 9.86. The Labute approximate surface area is 168 Å². The summed E-state index contributed by atoms with van der Waals surface area (Å²) in [5, 5.41) is 2.39. The zero-order valence-electron chi connectivity index (χ0n) is 16.2. The molecular weight excluding hydrogens is 378 g/mol. The Morgan fingerprint density at radius 2 is 1.66 bits per heavy atom. The third-order valence-corrected chi connectivity index (χ3v) is 3.60. The summed E-state index contributed by atoms with van der Waals surface area (Å²) in [5.41, 5.74) is 4.76. The molecule has 2 aromatic rings. The number of carbonyl (C=O) groups excluding carboxylic acids is 3. The number of para-hydroxylation sites is 1. The first-order valence-electron chi connectivity index (χ1n) is 8.88. The predicted molar refractivity (Wildman–Crippen MR) is 105 cm³/mol. The van der Waals surface area contributed by atoms with Crippen LogP contribution < -0.4 is 30.4 Å². The Kier molecular flexibility index (Phi) is 8.30. The molecule has 2 aromatic carbocycles. The van der Waals surface area contributed by atoms with Crippen molar-refractivity contribution in [2.45, 2.75) is 6.92 Å². The number of carbonyl (C=O) groups is 3. The van der Waals surface area contributed by atoms with E-state index in [0.29, 0.717) is 23.9 Å². The summed E-state index contributed by atoms with van der Waals surface area (Å²) >= 11 is 0. The van der Waals surface area contributed by atoms with Crippen LogP contribution in [-0.2, 0) is 9.59 Å². The van der Waals surface area contributed by atoms with Gasteiger partial charge in [-0.25, -0.2) is 0 Å².